The van der Waals surface area contributed by atoms with E-state index >= 15 is 0 Å². The molecule has 1 aromatic carbocycles. The average Bonchev–Trinajstić information content (AvgIpc) is 3.29. The number of methoxy groups -OCH3 is 1. The smallest absolute Gasteiger partial charge is 0.186 e. The molecule has 0 bridgehead atoms. The van der Waals surface area contributed by atoms with Gasteiger partial charge in [-0.1, -0.05) is 30.0 Å². The third-order valence-corrected chi connectivity index (χ3v) is 5.24. The Labute approximate surface area is 147 Å². The fraction of sp³-hybridized carbons (Fsp3) is 0.118. The van der Waals surface area contributed by atoms with E-state index < -0.39 is 0 Å². The highest BCUT2D eigenvalue weighted by molar-refractivity contribution is 7.98. The lowest BCUT2D eigenvalue weighted by molar-refractivity contribution is 0.411. The summed E-state index contributed by atoms with van der Waals surface area (Å²) in [4.78, 5) is 0. The second-order valence-electron chi connectivity index (χ2n) is 5.08. The van der Waals surface area contributed by atoms with Crippen molar-refractivity contribution in [2.75, 3.05) is 7.11 Å². The Bertz CT molecular complexity index is 966. The minimum absolute atomic E-state index is 0.748. The summed E-state index contributed by atoms with van der Waals surface area (Å²) in [7, 11) is 1.69. The van der Waals surface area contributed by atoms with E-state index in [2.05, 4.69) is 21.4 Å². The van der Waals surface area contributed by atoms with Gasteiger partial charge in [0.25, 0.3) is 0 Å². The summed E-state index contributed by atoms with van der Waals surface area (Å²) in [6.07, 6.45) is 0. The molecule has 0 fully saturated rings. The molecular formula is C17H14N4OS2. The van der Waals surface area contributed by atoms with Crippen LogP contribution in [-0.2, 0) is 5.75 Å². The summed E-state index contributed by atoms with van der Waals surface area (Å²) in [6.45, 7) is 0. The number of hydrogen-bond donors (Lipinski definition) is 0. The van der Waals surface area contributed by atoms with Crippen molar-refractivity contribution in [2.24, 2.45) is 0 Å². The predicted octanol–water partition coefficient (Wildman–Crippen LogP) is 4.15. The van der Waals surface area contributed by atoms with Gasteiger partial charge in [-0.2, -0.15) is 21.0 Å². The lowest BCUT2D eigenvalue weighted by Gasteiger charge is -2.07. The number of ether oxygens (including phenoxy) is 1. The van der Waals surface area contributed by atoms with Crippen LogP contribution < -0.4 is 4.74 Å². The Morgan fingerprint density at radius 2 is 2.04 bits per heavy atom. The van der Waals surface area contributed by atoms with Crippen LogP contribution in [0.4, 0.5) is 0 Å². The maximum absolute atomic E-state index is 5.40. The van der Waals surface area contributed by atoms with Crippen LogP contribution in [0.25, 0.3) is 17.0 Å². The Balaban J connectivity index is 1.62. The molecule has 4 aromatic rings. The van der Waals surface area contributed by atoms with Crippen LogP contribution >= 0.6 is 23.1 Å². The van der Waals surface area contributed by atoms with Crippen molar-refractivity contribution in [1.82, 2.24) is 19.8 Å². The Morgan fingerprint density at radius 3 is 2.88 bits per heavy atom. The largest absolute Gasteiger partial charge is 0.496 e. The lowest BCUT2D eigenvalue weighted by atomic mass is 10.2. The maximum atomic E-state index is 5.40. The third kappa shape index (κ3) is 2.88. The maximum Gasteiger partial charge on any atom is 0.186 e. The van der Waals surface area contributed by atoms with Crippen molar-refractivity contribution in [2.45, 2.75) is 10.8 Å². The standard InChI is InChI=1S/C17H14N4OS2/c1-22-14-5-3-2-4-12(14)11-24-16-7-6-15-18-19-17(21(15)20-16)13-8-9-23-10-13/h2-10H,11H2,1H3. The van der Waals surface area contributed by atoms with Crippen LogP contribution in [-0.4, -0.2) is 26.9 Å². The normalized spacial score (nSPS) is 11.0. The molecule has 0 unspecified atom stereocenters. The van der Waals surface area contributed by atoms with Gasteiger partial charge < -0.3 is 4.74 Å². The Hall–Kier alpha value is -2.38. The van der Waals surface area contributed by atoms with Crippen molar-refractivity contribution >= 4 is 28.7 Å². The second kappa shape index (κ2) is 6.62. The molecule has 4 rings (SSSR count). The molecule has 0 spiro atoms. The van der Waals surface area contributed by atoms with E-state index in [0.29, 0.717) is 0 Å². The van der Waals surface area contributed by atoms with Crippen molar-refractivity contribution in [1.29, 1.82) is 0 Å². The number of hydrogen-bond acceptors (Lipinski definition) is 6. The van der Waals surface area contributed by atoms with E-state index in [1.54, 1.807) is 34.7 Å². The summed E-state index contributed by atoms with van der Waals surface area (Å²) in [6, 6.07) is 14.0. The molecule has 0 aliphatic heterocycles. The average molecular weight is 354 g/mol. The SMILES string of the molecule is COc1ccccc1CSc1ccc2nnc(-c3ccsc3)n2n1. The molecule has 120 valence electrons. The van der Waals surface area contributed by atoms with Crippen LogP contribution in [0, 0.1) is 0 Å². The number of aromatic nitrogens is 4. The van der Waals surface area contributed by atoms with Gasteiger partial charge in [0.1, 0.15) is 10.8 Å². The van der Waals surface area contributed by atoms with E-state index in [1.165, 1.54) is 0 Å². The Kier molecular flexibility index (Phi) is 4.18. The van der Waals surface area contributed by atoms with Crippen molar-refractivity contribution in [3.63, 3.8) is 0 Å². The molecule has 0 atom stereocenters. The van der Waals surface area contributed by atoms with Gasteiger partial charge in [0.15, 0.2) is 11.5 Å². The lowest BCUT2D eigenvalue weighted by Crippen LogP contribution is -1.96. The summed E-state index contributed by atoms with van der Waals surface area (Å²) in [5, 5.41) is 18.1. The summed E-state index contributed by atoms with van der Waals surface area (Å²) < 4.78 is 7.20. The van der Waals surface area contributed by atoms with Crippen LogP contribution in [0.3, 0.4) is 0 Å². The fourth-order valence-corrected chi connectivity index (χ4v) is 3.87. The number of rotatable bonds is 5. The van der Waals surface area contributed by atoms with Gasteiger partial charge in [-0.25, -0.2) is 0 Å². The van der Waals surface area contributed by atoms with Crippen molar-refractivity contribution in [3.8, 4) is 17.1 Å². The first-order valence-corrected chi connectivity index (χ1v) is 9.28. The first kappa shape index (κ1) is 15.2. The molecule has 0 N–H and O–H groups in total. The van der Waals surface area contributed by atoms with Gasteiger partial charge in [-0.05, 0) is 29.6 Å². The highest BCUT2D eigenvalue weighted by atomic mass is 32.2. The first-order valence-electron chi connectivity index (χ1n) is 7.35. The highest BCUT2D eigenvalue weighted by Crippen LogP contribution is 2.27. The first-order chi connectivity index (χ1) is 11.8. The zero-order valence-electron chi connectivity index (χ0n) is 12.9. The summed E-state index contributed by atoms with van der Waals surface area (Å²) in [5.74, 6) is 2.46. The molecular weight excluding hydrogens is 340 g/mol. The number of thioether (sulfide) groups is 1. The number of fused-ring (bicyclic) bond motifs is 1. The fourth-order valence-electron chi connectivity index (χ4n) is 2.39. The minimum Gasteiger partial charge on any atom is -0.496 e. The highest BCUT2D eigenvalue weighted by Gasteiger charge is 2.11. The van der Waals surface area contributed by atoms with Gasteiger partial charge in [0.2, 0.25) is 0 Å². The molecule has 0 radical (unpaired) electrons. The number of nitrogens with zero attached hydrogens (tertiary/aromatic N) is 4. The molecule has 3 heterocycles. The van der Waals surface area contributed by atoms with E-state index in [-0.39, 0.29) is 0 Å². The van der Waals surface area contributed by atoms with E-state index in [9.17, 15) is 0 Å². The van der Waals surface area contributed by atoms with Crippen LogP contribution in [0.5, 0.6) is 5.75 Å². The minimum atomic E-state index is 0.748. The van der Waals surface area contributed by atoms with Gasteiger partial charge in [0.05, 0.1) is 7.11 Å². The number of thiophene rings is 1. The zero-order chi connectivity index (χ0) is 16.4. The second-order valence-corrected chi connectivity index (χ2v) is 6.85. The van der Waals surface area contributed by atoms with Gasteiger partial charge in [-0.3, -0.25) is 0 Å². The van der Waals surface area contributed by atoms with Crippen LogP contribution in [0.15, 0.2) is 58.3 Å². The number of para-hydroxylation sites is 1. The van der Waals surface area contributed by atoms with E-state index in [0.717, 1.165) is 39.1 Å². The number of benzene rings is 1. The monoisotopic (exact) mass is 354 g/mol. The summed E-state index contributed by atoms with van der Waals surface area (Å²) >= 11 is 3.30. The van der Waals surface area contributed by atoms with E-state index in [4.69, 9.17) is 4.74 Å². The van der Waals surface area contributed by atoms with Crippen LogP contribution in [0.1, 0.15) is 5.56 Å². The molecule has 0 saturated carbocycles. The molecule has 3 aromatic heterocycles. The van der Waals surface area contributed by atoms with Crippen LogP contribution in [0.2, 0.25) is 0 Å². The molecule has 0 aliphatic carbocycles. The molecule has 0 amide bonds. The summed E-state index contributed by atoms with van der Waals surface area (Å²) in [5.41, 5.74) is 2.93. The topological polar surface area (TPSA) is 52.3 Å². The van der Waals surface area contributed by atoms with Gasteiger partial charge in [0, 0.05) is 22.3 Å². The van der Waals surface area contributed by atoms with Crippen molar-refractivity contribution in [3.05, 3.63) is 58.8 Å². The van der Waals surface area contributed by atoms with E-state index in [1.807, 2.05) is 47.2 Å². The Morgan fingerprint density at radius 1 is 1.12 bits per heavy atom. The molecule has 7 heteroatoms. The molecule has 0 aliphatic rings. The molecule has 5 nitrogen and oxygen atoms in total. The zero-order valence-corrected chi connectivity index (χ0v) is 14.5. The predicted molar refractivity (Wildman–Crippen MR) is 96.7 cm³/mol. The van der Waals surface area contributed by atoms with Gasteiger partial charge in [-0.15, -0.1) is 10.2 Å². The quantitative estimate of drug-likeness (QED) is 0.504. The van der Waals surface area contributed by atoms with Crippen molar-refractivity contribution < 1.29 is 4.74 Å². The van der Waals surface area contributed by atoms with Gasteiger partial charge >= 0.3 is 0 Å². The third-order valence-electron chi connectivity index (χ3n) is 3.59. The molecule has 0 saturated heterocycles. The molecule has 24 heavy (non-hydrogen) atoms.